The van der Waals surface area contributed by atoms with Gasteiger partial charge in [-0.05, 0) is 46.7 Å². The monoisotopic (exact) mass is 303 g/mol. The molecule has 2 nitrogen and oxygen atoms in total. The van der Waals surface area contributed by atoms with Crippen molar-refractivity contribution in [2.75, 3.05) is 0 Å². The number of carbonyl (C=O) groups is 1. The molecule has 1 aromatic carbocycles. The molecule has 0 heterocycles. The van der Waals surface area contributed by atoms with Gasteiger partial charge in [0.25, 0.3) is 0 Å². The lowest BCUT2D eigenvalue weighted by atomic mass is 9.94. The molecule has 0 fully saturated rings. The molecule has 1 amide bonds. The number of amides is 1. The molecule has 1 unspecified atom stereocenters. The average Bonchev–Trinajstić information content (AvgIpc) is 2.15. The fraction of sp³-hybridized carbons (Fsp3) is 0.364. The van der Waals surface area contributed by atoms with Gasteiger partial charge in [0.15, 0.2) is 0 Å². The lowest BCUT2D eigenvalue weighted by molar-refractivity contribution is -0.119. The van der Waals surface area contributed by atoms with Crippen molar-refractivity contribution in [3.8, 4) is 0 Å². The van der Waals surface area contributed by atoms with Crippen LogP contribution < -0.4 is 5.73 Å². The van der Waals surface area contributed by atoms with E-state index in [1.165, 1.54) is 3.57 Å². The van der Waals surface area contributed by atoms with Crippen molar-refractivity contribution in [1.82, 2.24) is 0 Å². The topological polar surface area (TPSA) is 43.1 Å². The highest BCUT2D eigenvalue weighted by Gasteiger charge is 2.15. The second-order valence-corrected chi connectivity index (χ2v) is 4.54. The number of hydrogen-bond acceptors (Lipinski definition) is 1. The molecule has 0 saturated carbocycles. The minimum atomic E-state index is -0.229. The van der Waals surface area contributed by atoms with Crippen LogP contribution in [0.25, 0.3) is 0 Å². The average molecular weight is 303 g/mol. The Kier molecular flexibility index (Phi) is 4.38. The summed E-state index contributed by atoms with van der Waals surface area (Å²) in [6.45, 7) is 2.06. The van der Waals surface area contributed by atoms with Gasteiger partial charge in [0.2, 0.25) is 5.91 Å². The number of primary amides is 1. The highest BCUT2D eigenvalue weighted by atomic mass is 127. The van der Waals surface area contributed by atoms with Crippen LogP contribution in [0.2, 0.25) is 0 Å². The summed E-state index contributed by atoms with van der Waals surface area (Å²) >= 11 is 2.24. The molecule has 0 radical (unpaired) electrons. The first kappa shape index (κ1) is 11.5. The Labute approximate surface area is 98.0 Å². The third-order valence-corrected chi connectivity index (χ3v) is 2.91. The lowest BCUT2D eigenvalue weighted by Crippen LogP contribution is -2.21. The quantitative estimate of drug-likeness (QED) is 0.854. The van der Waals surface area contributed by atoms with E-state index < -0.39 is 0 Å². The zero-order chi connectivity index (χ0) is 10.6. The molecule has 0 spiro atoms. The van der Waals surface area contributed by atoms with Gasteiger partial charge in [0.1, 0.15) is 0 Å². The van der Waals surface area contributed by atoms with Gasteiger partial charge in [-0.1, -0.05) is 25.5 Å². The van der Waals surface area contributed by atoms with E-state index in [0.717, 1.165) is 18.4 Å². The highest BCUT2D eigenvalue weighted by molar-refractivity contribution is 14.1. The fourth-order valence-corrected chi connectivity index (χ4v) is 1.82. The van der Waals surface area contributed by atoms with Crippen LogP contribution in [0.15, 0.2) is 24.3 Å². The smallest absolute Gasteiger partial charge is 0.224 e. The standard InChI is InChI=1S/C11H14INO/c1-2-3-10(11(13)14)8-4-6-9(12)7-5-8/h4-7,10H,2-3H2,1H3,(H2,13,14). The molecule has 14 heavy (non-hydrogen) atoms. The molecule has 0 bridgehead atoms. The van der Waals surface area contributed by atoms with Crippen LogP contribution >= 0.6 is 22.6 Å². The molecule has 0 aliphatic rings. The summed E-state index contributed by atoms with van der Waals surface area (Å²) in [5, 5.41) is 0. The number of halogens is 1. The van der Waals surface area contributed by atoms with E-state index in [2.05, 4.69) is 29.5 Å². The zero-order valence-electron chi connectivity index (χ0n) is 8.16. The summed E-state index contributed by atoms with van der Waals surface area (Å²) in [4.78, 5) is 11.2. The van der Waals surface area contributed by atoms with Gasteiger partial charge in [0.05, 0.1) is 5.92 Å². The van der Waals surface area contributed by atoms with E-state index in [-0.39, 0.29) is 11.8 Å². The van der Waals surface area contributed by atoms with Gasteiger partial charge in [-0.2, -0.15) is 0 Å². The van der Waals surface area contributed by atoms with Gasteiger partial charge in [-0.3, -0.25) is 4.79 Å². The molecule has 3 heteroatoms. The maximum atomic E-state index is 11.2. The van der Waals surface area contributed by atoms with Crippen molar-refractivity contribution in [2.45, 2.75) is 25.7 Å². The van der Waals surface area contributed by atoms with E-state index >= 15 is 0 Å². The first-order valence-corrected chi connectivity index (χ1v) is 5.77. The van der Waals surface area contributed by atoms with Crippen molar-refractivity contribution in [3.05, 3.63) is 33.4 Å². The number of carbonyl (C=O) groups excluding carboxylic acids is 1. The first-order valence-electron chi connectivity index (χ1n) is 4.70. The number of nitrogens with two attached hydrogens (primary N) is 1. The predicted molar refractivity (Wildman–Crippen MR) is 66.0 cm³/mol. The van der Waals surface area contributed by atoms with Crippen LogP contribution in [0.5, 0.6) is 0 Å². The molecule has 0 aromatic heterocycles. The lowest BCUT2D eigenvalue weighted by Gasteiger charge is -2.12. The number of benzene rings is 1. The normalized spacial score (nSPS) is 12.4. The Morgan fingerprint density at radius 3 is 2.43 bits per heavy atom. The summed E-state index contributed by atoms with van der Waals surface area (Å²) in [6.07, 6.45) is 1.80. The second kappa shape index (κ2) is 5.34. The van der Waals surface area contributed by atoms with Crippen molar-refractivity contribution < 1.29 is 4.79 Å². The summed E-state index contributed by atoms with van der Waals surface area (Å²) in [7, 11) is 0. The van der Waals surface area contributed by atoms with Gasteiger partial charge in [0, 0.05) is 3.57 Å². The summed E-state index contributed by atoms with van der Waals surface area (Å²) in [6, 6.07) is 7.96. The minimum Gasteiger partial charge on any atom is -0.369 e. The van der Waals surface area contributed by atoms with Crippen molar-refractivity contribution in [2.24, 2.45) is 5.73 Å². The van der Waals surface area contributed by atoms with Gasteiger partial charge in [-0.15, -0.1) is 0 Å². The Balaban J connectivity index is 2.87. The molecule has 0 aliphatic heterocycles. The van der Waals surface area contributed by atoms with Crippen LogP contribution in [0, 0.1) is 3.57 Å². The van der Waals surface area contributed by atoms with E-state index in [1.807, 2.05) is 24.3 Å². The van der Waals surface area contributed by atoms with E-state index in [9.17, 15) is 4.79 Å². The Morgan fingerprint density at radius 1 is 1.43 bits per heavy atom. The third kappa shape index (κ3) is 2.97. The van der Waals surface area contributed by atoms with Crippen molar-refractivity contribution >= 4 is 28.5 Å². The molecule has 1 aromatic rings. The summed E-state index contributed by atoms with van der Waals surface area (Å²) in [5.74, 6) is -0.356. The van der Waals surface area contributed by atoms with E-state index in [1.54, 1.807) is 0 Å². The summed E-state index contributed by atoms with van der Waals surface area (Å²) in [5.41, 5.74) is 6.38. The van der Waals surface area contributed by atoms with Crippen LogP contribution in [-0.4, -0.2) is 5.91 Å². The second-order valence-electron chi connectivity index (χ2n) is 3.30. The van der Waals surface area contributed by atoms with Crippen LogP contribution in [-0.2, 0) is 4.79 Å². The van der Waals surface area contributed by atoms with Crippen LogP contribution in [0.1, 0.15) is 31.2 Å². The Morgan fingerprint density at radius 2 is 2.00 bits per heavy atom. The minimum absolute atomic E-state index is 0.128. The van der Waals surface area contributed by atoms with Gasteiger partial charge < -0.3 is 5.73 Å². The fourth-order valence-electron chi connectivity index (χ4n) is 1.46. The Hall–Kier alpha value is -0.580. The predicted octanol–water partition coefficient (Wildman–Crippen LogP) is 2.66. The highest BCUT2D eigenvalue weighted by Crippen LogP contribution is 2.21. The third-order valence-electron chi connectivity index (χ3n) is 2.19. The van der Waals surface area contributed by atoms with Crippen molar-refractivity contribution in [3.63, 3.8) is 0 Å². The van der Waals surface area contributed by atoms with Gasteiger partial charge >= 0.3 is 0 Å². The van der Waals surface area contributed by atoms with Crippen LogP contribution in [0.4, 0.5) is 0 Å². The summed E-state index contributed by atoms with van der Waals surface area (Å²) < 4.78 is 1.17. The van der Waals surface area contributed by atoms with E-state index in [4.69, 9.17) is 5.73 Å². The number of rotatable bonds is 4. The first-order chi connectivity index (χ1) is 6.65. The molecule has 1 atom stereocenters. The molecular formula is C11H14INO. The zero-order valence-corrected chi connectivity index (χ0v) is 10.3. The number of hydrogen-bond donors (Lipinski definition) is 1. The van der Waals surface area contributed by atoms with E-state index in [0.29, 0.717) is 0 Å². The van der Waals surface area contributed by atoms with Gasteiger partial charge in [-0.25, -0.2) is 0 Å². The molecular weight excluding hydrogens is 289 g/mol. The molecule has 0 saturated heterocycles. The SMILES string of the molecule is CCCC(C(N)=O)c1ccc(I)cc1. The van der Waals surface area contributed by atoms with Crippen LogP contribution in [0.3, 0.4) is 0 Å². The molecule has 1 rings (SSSR count). The molecule has 0 aliphatic carbocycles. The maximum Gasteiger partial charge on any atom is 0.224 e. The Bertz CT molecular complexity index is 308. The van der Waals surface area contributed by atoms with Crippen molar-refractivity contribution in [1.29, 1.82) is 0 Å². The molecule has 76 valence electrons. The molecule has 2 N–H and O–H groups in total. The maximum absolute atomic E-state index is 11.2. The largest absolute Gasteiger partial charge is 0.369 e.